The number of hydrogen-bond acceptors (Lipinski definition) is 1. The van der Waals surface area contributed by atoms with E-state index < -0.39 is 18.3 Å². The lowest BCUT2D eigenvalue weighted by atomic mass is 10.1. The molecule has 0 aliphatic carbocycles. The van der Waals surface area contributed by atoms with Gasteiger partial charge in [-0.15, -0.1) is 0 Å². The molecule has 0 aliphatic heterocycles. The van der Waals surface area contributed by atoms with Crippen molar-refractivity contribution < 1.29 is 13.2 Å². The Balaban J connectivity index is 2.84. The van der Waals surface area contributed by atoms with Gasteiger partial charge in [-0.25, -0.2) is 13.2 Å². The molecule has 90 valence electrons. The predicted octanol–water partition coefficient (Wildman–Crippen LogP) is 3.26. The van der Waals surface area contributed by atoms with Crippen LogP contribution >= 0.6 is 11.6 Å². The molecule has 0 aliphatic rings. The molecule has 5 heteroatoms. The summed E-state index contributed by atoms with van der Waals surface area (Å²) in [7, 11) is 0. The Morgan fingerprint density at radius 2 is 2.06 bits per heavy atom. The molecule has 0 aromatic heterocycles. The van der Waals surface area contributed by atoms with Gasteiger partial charge in [0.2, 0.25) is 0 Å². The zero-order chi connectivity index (χ0) is 12.1. The van der Waals surface area contributed by atoms with E-state index in [9.17, 15) is 13.2 Å². The summed E-state index contributed by atoms with van der Waals surface area (Å²) in [5.41, 5.74) is 0.135. The Labute approximate surface area is 97.6 Å². The Hall–Kier alpha value is -0.740. The normalized spacial score (nSPS) is 13.1. The van der Waals surface area contributed by atoms with Crippen molar-refractivity contribution in [3.63, 3.8) is 0 Å². The van der Waals surface area contributed by atoms with Gasteiger partial charge in [0.1, 0.15) is 5.82 Å². The van der Waals surface area contributed by atoms with Gasteiger partial charge in [0, 0.05) is 10.6 Å². The molecule has 1 N–H and O–H groups in total. The van der Waals surface area contributed by atoms with Crippen LogP contribution in [0.2, 0.25) is 5.02 Å². The van der Waals surface area contributed by atoms with Gasteiger partial charge in [0.15, 0.2) is 0 Å². The molecule has 0 spiro atoms. The molecule has 0 radical (unpaired) electrons. The van der Waals surface area contributed by atoms with Gasteiger partial charge in [-0.05, 0) is 25.1 Å². The van der Waals surface area contributed by atoms with E-state index in [2.05, 4.69) is 5.32 Å². The quantitative estimate of drug-likeness (QED) is 0.847. The molecule has 0 saturated heterocycles. The summed E-state index contributed by atoms with van der Waals surface area (Å²) in [6.07, 6.45) is -2.66. The summed E-state index contributed by atoms with van der Waals surface area (Å²) in [4.78, 5) is 0. The molecule has 16 heavy (non-hydrogen) atoms. The summed E-state index contributed by atoms with van der Waals surface area (Å²) >= 11 is 5.77. The van der Waals surface area contributed by atoms with Crippen LogP contribution in [0.25, 0.3) is 0 Å². The van der Waals surface area contributed by atoms with Crippen LogP contribution < -0.4 is 5.32 Å². The predicted molar refractivity (Wildman–Crippen MR) is 58.6 cm³/mol. The van der Waals surface area contributed by atoms with E-state index in [1.807, 2.05) is 0 Å². The van der Waals surface area contributed by atoms with Crippen LogP contribution in [-0.4, -0.2) is 19.0 Å². The van der Waals surface area contributed by atoms with Crippen LogP contribution in [0.1, 0.15) is 12.5 Å². The number of rotatable bonds is 5. The fraction of sp³-hybridized carbons (Fsp3) is 0.455. The zero-order valence-corrected chi connectivity index (χ0v) is 9.57. The molecule has 1 unspecified atom stereocenters. The molecule has 0 heterocycles. The highest BCUT2D eigenvalue weighted by molar-refractivity contribution is 6.31. The highest BCUT2D eigenvalue weighted by atomic mass is 35.5. The molecular weight excluding hydrogens is 239 g/mol. The van der Waals surface area contributed by atoms with Gasteiger partial charge >= 0.3 is 0 Å². The average molecular weight is 252 g/mol. The van der Waals surface area contributed by atoms with Crippen LogP contribution in [0, 0.1) is 5.82 Å². The van der Waals surface area contributed by atoms with Gasteiger partial charge in [0.05, 0.1) is 6.04 Å². The zero-order valence-electron chi connectivity index (χ0n) is 8.81. The van der Waals surface area contributed by atoms with Crippen molar-refractivity contribution >= 4 is 11.6 Å². The fourth-order valence-electron chi connectivity index (χ4n) is 1.46. The number of hydrogen-bond donors (Lipinski definition) is 1. The standard InChI is InChI=1S/C11H13ClF3N/c1-2-16-10(11(14)15)6-7-8(12)4-3-5-9(7)13/h3-5,10-11,16H,2,6H2,1H3. The van der Waals surface area contributed by atoms with E-state index in [0.717, 1.165) is 0 Å². The van der Waals surface area contributed by atoms with Crippen molar-refractivity contribution in [2.75, 3.05) is 6.54 Å². The van der Waals surface area contributed by atoms with Crippen molar-refractivity contribution in [2.24, 2.45) is 0 Å². The van der Waals surface area contributed by atoms with Gasteiger partial charge in [0.25, 0.3) is 6.43 Å². The van der Waals surface area contributed by atoms with Crippen molar-refractivity contribution in [2.45, 2.75) is 25.8 Å². The maximum atomic E-state index is 13.4. The summed E-state index contributed by atoms with van der Waals surface area (Å²) < 4.78 is 38.6. The number of alkyl halides is 2. The molecule has 1 atom stereocenters. The monoisotopic (exact) mass is 251 g/mol. The maximum Gasteiger partial charge on any atom is 0.254 e. The third-order valence-electron chi connectivity index (χ3n) is 2.26. The molecular formula is C11H13ClF3N. The lowest BCUT2D eigenvalue weighted by Crippen LogP contribution is -2.37. The van der Waals surface area contributed by atoms with E-state index in [4.69, 9.17) is 11.6 Å². The van der Waals surface area contributed by atoms with Gasteiger partial charge in [-0.2, -0.15) is 0 Å². The van der Waals surface area contributed by atoms with Gasteiger partial charge in [-0.3, -0.25) is 0 Å². The summed E-state index contributed by atoms with van der Waals surface area (Å²) in [5, 5.41) is 2.79. The van der Waals surface area contributed by atoms with Crippen LogP contribution in [0.4, 0.5) is 13.2 Å². The molecule has 0 saturated carbocycles. The average Bonchev–Trinajstić information content (AvgIpc) is 2.21. The fourth-order valence-corrected chi connectivity index (χ4v) is 1.70. The molecule has 1 rings (SSSR count). The smallest absolute Gasteiger partial charge is 0.254 e. The van der Waals surface area contributed by atoms with Gasteiger partial charge < -0.3 is 5.32 Å². The minimum Gasteiger partial charge on any atom is -0.309 e. The van der Waals surface area contributed by atoms with Crippen LogP contribution in [0.5, 0.6) is 0 Å². The Bertz CT molecular complexity index is 324. The third-order valence-corrected chi connectivity index (χ3v) is 2.61. The maximum absolute atomic E-state index is 13.4. The first-order valence-electron chi connectivity index (χ1n) is 5.00. The second kappa shape index (κ2) is 6.11. The van der Waals surface area contributed by atoms with Crippen molar-refractivity contribution in [3.05, 3.63) is 34.6 Å². The van der Waals surface area contributed by atoms with Crippen LogP contribution in [-0.2, 0) is 6.42 Å². The lowest BCUT2D eigenvalue weighted by molar-refractivity contribution is 0.0987. The number of halogens is 4. The van der Waals surface area contributed by atoms with E-state index in [-0.39, 0.29) is 17.0 Å². The third kappa shape index (κ3) is 3.39. The lowest BCUT2D eigenvalue weighted by Gasteiger charge is -2.17. The second-order valence-electron chi connectivity index (χ2n) is 3.40. The molecule has 1 aromatic carbocycles. The van der Waals surface area contributed by atoms with E-state index in [1.54, 1.807) is 6.92 Å². The SMILES string of the molecule is CCNC(Cc1c(F)cccc1Cl)C(F)F. The van der Waals surface area contributed by atoms with Crippen LogP contribution in [0.3, 0.4) is 0 Å². The number of benzene rings is 1. The largest absolute Gasteiger partial charge is 0.309 e. The van der Waals surface area contributed by atoms with Crippen molar-refractivity contribution in [1.82, 2.24) is 5.32 Å². The minimum atomic E-state index is -2.55. The Morgan fingerprint density at radius 1 is 1.38 bits per heavy atom. The second-order valence-corrected chi connectivity index (χ2v) is 3.81. The van der Waals surface area contributed by atoms with E-state index in [0.29, 0.717) is 6.54 Å². The number of likely N-dealkylation sites (N-methyl/N-ethyl adjacent to an activating group) is 1. The molecule has 1 nitrogen and oxygen atoms in total. The molecule has 0 amide bonds. The molecule has 0 bridgehead atoms. The first-order valence-corrected chi connectivity index (χ1v) is 5.38. The van der Waals surface area contributed by atoms with Crippen molar-refractivity contribution in [1.29, 1.82) is 0 Å². The molecule has 0 fully saturated rings. The van der Waals surface area contributed by atoms with Crippen LogP contribution in [0.15, 0.2) is 18.2 Å². The first kappa shape index (κ1) is 13.3. The van der Waals surface area contributed by atoms with E-state index >= 15 is 0 Å². The minimum absolute atomic E-state index is 0.114. The van der Waals surface area contributed by atoms with Crippen molar-refractivity contribution in [3.8, 4) is 0 Å². The van der Waals surface area contributed by atoms with Gasteiger partial charge in [-0.1, -0.05) is 24.6 Å². The van der Waals surface area contributed by atoms with E-state index in [1.165, 1.54) is 18.2 Å². The summed E-state index contributed by atoms with van der Waals surface area (Å²) in [6, 6.07) is 3.09. The molecule has 1 aromatic rings. The topological polar surface area (TPSA) is 12.0 Å². The Kier molecular flexibility index (Phi) is 5.09. The highest BCUT2D eigenvalue weighted by Crippen LogP contribution is 2.21. The summed E-state index contributed by atoms with van der Waals surface area (Å²) in [6.45, 7) is 2.12. The highest BCUT2D eigenvalue weighted by Gasteiger charge is 2.22. The number of nitrogens with one attached hydrogen (secondary N) is 1. The first-order chi connectivity index (χ1) is 7.56. The Morgan fingerprint density at radius 3 is 2.56 bits per heavy atom. The summed E-state index contributed by atoms with van der Waals surface area (Å²) in [5.74, 6) is -0.545.